The number of hydrogen-bond donors (Lipinski definition) is 2. The highest BCUT2D eigenvalue weighted by Crippen LogP contribution is 2.35. The van der Waals surface area contributed by atoms with E-state index in [1.54, 1.807) is 6.92 Å². The Morgan fingerprint density at radius 1 is 1.08 bits per heavy atom. The molecule has 0 bridgehead atoms. The van der Waals surface area contributed by atoms with Crippen molar-refractivity contribution in [2.75, 3.05) is 6.79 Å². The molecule has 3 aromatic rings. The first-order chi connectivity index (χ1) is 12.2. The highest BCUT2D eigenvalue weighted by molar-refractivity contribution is 5.80. The van der Waals surface area contributed by atoms with E-state index in [1.807, 2.05) is 42.5 Å². The van der Waals surface area contributed by atoms with Gasteiger partial charge in [-0.1, -0.05) is 12.1 Å². The number of rotatable bonds is 4. The van der Waals surface area contributed by atoms with Crippen LogP contribution in [0, 0.1) is 6.92 Å². The van der Waals surface area contributed by atoms with Crippen molar-refractivity contribution in [2.45, 2.75) is 13.0 Å². The van der Waals surface area contributed by atoms with Crippen molar-refractivity contribution in [3.05, 3.63) is 69.5 Å². The van der Waals surface area contributed by atoms with Crippen LogP contribution in [0.1, 0.15) is 22.7 Å². The largest absolute Gasteiger partial charge is 0.454 e. The van der Waals surface area contributed by atoms with Crippen LogP contribution in [0.15, 0.2) is 47.3 Å². The molecule has 1 aromatic heterocycles. The van der Waals surface area contributed by atoms with Gasteiger partial charge in [-0.2, -0.15) is 0 Å². The summed E-state index contributed by atoms with van der Waals surface area (Å²) in [6.45, 7) is 1.97. The van der Waals surface area contributed by atoms with Crippen LogP contribution in [0.25, 0.3) is 10.9 Å². The Balaban J connectivity index is 1.80. The van der Waals surface area contributed by atoms with Gasteiger partial charge in [-0.25, -0.2) is 0 Å². The molecule has 0 saturated carbocycles. The van der Waals surface area contributed by atoms with Crippen molar-refractivity contribution < 1.29 is 14.3 Å². The Labute approximate surface area is 143 Å². The van der Waals surface area contributed by atoms with Crippen molar-refractivity contribution in [3.63, 3.8) is 0 Å². The molecule has 6 nitrogen and oxygen atoms in total. The number of carbonyl (C=O) groups excluding carboxylic acids is 1. The van der Waals surface area contributed by atoms with Gasteiger partial charge >= 0.3 is 0 Å². The van der Waals surface area contributed by atoms with Crippen molar-refractivity contribution in [1.82, 2.24) is 10.3 Å². The zero-order valence-corrected chi connectivity index (χ0v) is 13.5. The van der Waals surface area contributed by atoms with Crippen molar-refractivity contribution in [1.29, 1.82) is 0 Å². The Morgan fingerprint density at radius 2 is 1.84 bits per heavy atom. The van der Waals surface area contributed by atoms with E-state index >= 15 is 0 Å². The number of hydrogen-bond acceptors (Lipinski definition) is 4. The number of amides is 1. The first kappa shape index (κ1) is 15.3. The second-order valence-electron chi connectivity index (χ2n) is 5.96. The van der Waals surface area contributed by atoms with Crippen molar-refractivity contribution in [3.8, 4) is 11.5 Å². The highest BCUT2D eigenvalue weighted by atomic mass is 16.7. The molecule has 1 atom stereocenters. The van der Waals surface area contributed by atoms with Crippen LogP contribution in [0.4, 0.5) is 0 Å². The molecule has 1 aliphatic rings. The molecule has 1 unspecified atom stereocenters. The maximum absolute atomic E-state index is 11.7. The molecule has 0 aliphatic carbocycles. The summed E-state index contributed by atoms with van der Waals surface area (Å²) in [5, 5.41) is 3.76. The summed E-state index contributed by atoms with van der Waals surface area (Å²) in [5.41, 5.74) is 3.10. The van der Waals surface area contributed by atoms with Crippen molar-refractivity contribution >= 4 is 17.3 Å². The second kappa shape index (κ2) is 5.98. The number of aryl methyl sites for hydroxylation is 1. The Hall–Kier alpha value is -3.28. The summed E-state index contributed by atoms with van der Waals surface area (Å²) in [5.74, 6) is 1.36. The van der Waals surface area contributed by atoms with Gasteiger partial charge in [-0.3, -0.25) is 9.59 Å². The number of ether oxygens (including phenoxy) is 2. The summed E-state index contributed by atoms with van der Waals surface area (Å²) in [4.78, 5) is 25.7. The molecule has 0 saturated heterocycles. The number of nitrogens with one attached hydrogen (secondary N) is 2. The van der Waals surface area contributed by atoms with E-state index < -0.39 is 0 Å². The third-order valence-electron chi connectivity index (χ3n) is 4.35. The predicted molar refractivity (Wildman–Crippen MR) is 92.9 cm³/mol. The highest BCUT2D eigenvalue weighted by Gasteiger charge is 2.19. The molecule has 126 valence electrons. The van der Waals surface area contributed by atoms with Crippen molar-refractivity contribution in [2.24, 2.45) is 0 Å². The Kier molecular flexibility index (Phi) is 3.65. The standard InChI is InChI=1S/C19H16N2O4/c1-11-6-14-7-12(2-4-15(14)21-19(11)23)18(20-9-22)13-3-5-16-17(8-13)25-10-24-16/h2-9,18H,10H2,1H3,(H,20,22)(H,21,23). The van der Waals surface area contributed by atoms with E-state index in [-0.39, 0.29) is 18.4 Å². The van der Waals surface area contributed by atoms with Gasteiger partial charge in [0.25, 0.3) is 5.56 Å². The fraction of sp³-hybridized carbons (Fsp3) is 0.158. The van der Waals surface area contributed by atoms with Crippen LogP contribution in [0.3, 0.4) is 0 Å². The Morgan fingerprint density at radius 3 is 2.68 bits per heavy atom. The lowest BCUT2D eigenvalue weighted by Crippen LogP contribution is -2.20. The van der Waals surface area contributed by atoms with Gasteiger partial charge in [0.2, 0.25) is 13.2 Å². The van der Waals surface area contributed by atoms with Gasteiger partial charge < -0.3 is 19.8 Å². The van der Waals surface area contributed by atoms with E-state index in [9.17, 15) is 9.59 Å². The van der Waals surface area contributed by atoms with Gasteiger partial charge in [0, 0.05) is 11.1 Å². The average molecular weight is 336 g/mol. The number of carbonyl (C=O) groups is 1. The Bertz CT molecular complexity index is 1030. The van der Waals surface area contributed by atoms with Crippen LogP contribution < -0.4 is 20.3 Å². The molecular weight excluding hydrogens is 320 g/mol. The zero-order valence-electron chi connectivity index (χ0n) is 13.5. The third kappa shape index (κ3) is 2.71. The molecule has 0 radical (unpaired) electrons. The van der Waals surface area contributed by atoms with E-state index in [1.165, 1.54) is 0 Å². The molecule has 0 spiro atoms. The fourth-order valence-electron chi connectivity index (χ4n) is 3.06. The normalized spacial score (nSPS) is 13.6. The van der Waals surface area contributed by atoms with E-state index in [2.05, 4.69) is 10.3 Å². The van der Waals surface area contributed by atoms with E-state index in [4.69, 9.17) is 9.47 Å². The fourth-order valence-corrected chi connectivity index (χ4v) is 3.06. The number of aromatic nitrogens is 1. The minimum atomic E-state index is -0.330. The quantitative estimate of drug-likeness (QED) is 0.717. The summed E-state index contributed by atoms with van der Waals surface area (Å²) in [6.07, 6.45) is 0.678. The predicted octanol–water partition coefficient (Wildman–Crippen LogP) is 2.40. The molecule has 1 aliphatic heterocycles. The zero-order chi connectivity index (χ0) is 17.4. The minimum Gasteiger partial charge on any atom is -0.454 e. The monoisotopic (exact) mass is 336 g/mol. The number of H-pyrrole nitrogens is 1. The van der Waals surface area contributed by atoms with Crippen LogP contribution in [0.2, 0.25) is 0 Å². The topological polar surface area (TPSA) is 80.4 Å². The van der Waals surface area contributed by atoms with Gasteiger partial charge in [0.15, 0.2) is 11.5 Å². The molecule has 1 amide bonds. The summed E-state index contributed by atoms with van der Waals surface area (Å²) >= 11 is 0. The molecule has 2 N–H and O–H groups in total. The molecule has 0 fully saturated rings. The maximum atomic E-state index is 11.7. The van der Waals surface area contributed by atoms with Crippen LogP contribution in [0.5, 0.6) is 11.5 Å². The van der Waals surface area contributed by atoms with Gasteiger partial charge in [-0.05, 0) is 53.8 Å². The lowest BCUT2D eigenvalue weighted by molar-refractivity contribution is -0.110. The number of benzene rings is 2. The smallest absolute Gasteiger partial charge is 0.251 e. The van der Waals surface area contributed by atoms with E-state index in [0.29, 0.717) is 23.5 Å². The lowest BCUT2D eigenvalue weighted by atomic mass is 9.96. The summed E-state index contributed by atoms with van der Waals surface area (Å²) < 4.78 is 10.8. The van der Waals surface area contributed by atoms with Gasteiger partial charge in [0.05, 0.1) is 6.04 Å². The maximum Gasteiger partial charge on any atom is 0.251 e. The number of pyridine rings is 1. The van der Waals surface area contributed by atoms with Crippen LogP contribution >= 0.6 is 0 Å². The minimum absolute atomic E-state index is 0.0985. The molecule has 2 heterocycles. The van der Waals surface area contributed by atoms with E-state index in [0.717, 1.165) is 22.0 Å². The van der Waals surface area contributed by atoms with Gasteiger partial charge in [0.1, 0.15) is 0 Å². The van der Waals surface area contributed by atoms with Gasteiger partial charge in [-0.15, -0.1) is 0 Å². The summed E-state index contributed by atoms with van der Waals surface area (Å²) in [6, 6.07) is 12.8. The second-order valence-corrected chi connectivity index (χ2v) is 5.96. The first-order valence-electron chi connectivity index (χ1n) is 7.88. The molecule has 2 aromatic carbocycles. The molecule has 6 heteroatoms. The third-order valence-corrected chi connectivity index (χ3v) is 4.35. The molecule has 4 rings (SSSR count). The number of aromatic amines is 1. The SMILES string of the molecule is Cc1cc2cc(C(NC=O)c3ccc4c(c3)OCO4)ccc2[nH]c1=O. The first-order valence-corrected chi connectivity index (χ1v) is 7.88. The van der Waals surface area contributed by atoms with Crippen LogP contribution in [-0.2, 0) is 4.79 Å². The molecule has 25 heavy (non-hydrogen) atoms. The number of fused-ring (bicyclic) bond motifs is 2. The summed E-state index contributed by atoms with van der Waals surface area (Å²) in [7, 11) is 0. The lowest BCUT2D eigenvalue weighted by Gasteiger charge is -2.18. The van der Waals surface area contributed by atoms with Crippen LogP contribution in [-0.4, -0.2) is 18.2 Å². The average Bonchev–Trinajstić information content (AvgIpc) is 3.08. The molecular formula is C19H16N2O4.